The molecule has 0 saturated heterocycles. The molecule has 0 aliphatic carbocycles. The highest BCUT2D eigenvalue weighted by atomic mass is 32.2. The summed E-state index contributed by atoms with van der Waals surface area (Å²) < 4.78 is 38.2. The van der Waals surface area contributed by atoms with Crippen molar-refractivity contribution >= 4 is 21.6 Å². The quantitative estimate of drug-likeness (QED) is 0.768. The number of benzene rings is 2. The van der Waals surface area contributed by atoms with Gasteiger partial charge in [0.25, 0.3) is 0 Å². The average Bonchev–Trinajstić information content (AvgIpc) is 2.61. The summed E-state index contributed by atoms with van der Waals surface area (Å²) in [6, 6.07) is 13.1. The molecule has 0 aliphatic heterocycles. The van der Waals surface area contributed by atoms with Crippen LogP contribution in [0.1, 0.15) is 24.5 Å². The van der Waals surface area contributed by atoms with E-state index in [1.165, 1.54) is 16.4 Å². The van der Waals surface area contributed by atoms with Gasteiger partial charge in [-0.05, 0) is 41.8 Å². The van der Waals surface area contributed by atoms with Crippen molar-refractivity contribution in [2.75, 3.05) is 17.1 Å². The average molecular weight is 378 g/mol. The number of hydrogen-bond acceptors (Lipinski definition) is 3. The molecule has 1 N–H and O–H groups in total. The van der Waals surface area contributed by atoms with E-state index >= 15 is 0 Å². The number of carbonyl (C=O) groups is 1. The van der Waals surface area contributed by atoms with Gasteiger partial charge >= 0.3 is 0 Å². The summed E-state index contributed by atoms with van der Waals surface area (Å²) in [5.41, 5.74) is 2.42. The lowest BCUT2D eigenvalue weighted by Gasteiger charge is -2.22. The van der Waals surface area contributed by atoms with E-state index in [0.717, 1.165) is 23.8 Å². The summed E-state index contributed by atoms with van der Waals surface area (Å²) in [7, 11) is -3.49. The molecule has 0 unspecified atom stereocenters. The minimum absolute atomic E-state index is 0.0315. The smallest absolute Gasteiger partial charge is 0.232 e. The van der Waals surface area contributed by atoms with Gasteiger partial charge in [0.05, 0.1) is 11.9 Å². The highest BCUT2D eigenvalue weighted by Gasteiger charge is 2.18. The molecule has 0 atom stereocenters. The number of anilines is 1. The molecule has 140 valence electrons. The second-order valence-electron chi connectivity index (χ2n) is 6.01. The van der Waals surface area contributed by atoms with Gasteiger partial charge < -0.3 is 5.32 Å². The van der Waals surface area contributed by atoms with Gasteiger partial charge in [-0.15, -0.1) is 0 Å². The Hall–Kier alpha value is -2.41. The zero-order valence-electron chi connectivity index (χ0n) is 14.9. The number of rotatable bonds is 8. The number of hydrogen-bond donors (Lipinski definition) is 1. The maximum Gasteiger partial charge on any atom is 0.232 e. The van der Waals surface area contributed by atoms with E-state index in [9.17, 15) is 17.6 Å². The van der Waals surface area contributed by atoms with Gasteiger partial charge in [0, 0.05) is 19.5 Å². The maximum atomic E-state index is 12.9. The van der Waals surface area contributed by atoms with Crippen LogP contribution in [0.2, 0.25) is 0 Å². The predicted octanol–water partition coefficient (Wildman–Crippen LogP) is 2.86. The number of halogens is 1. The van der Waals surface area contributed by atoms with Crippen molar-refractivity contribution in [3.8, 4) is 0 Å². The van der Waals surface area contributed by atoms with E-state index in [-0.39, 0.29) is 31.2 Å². The zero-order chi connectivity index (χ0) is 19.2. The molecule has 0 heterocycles. The number of carbonyl (C=O) groups excluding carboxylic acids is 1. The van der Waals surface area contributed by atoms with Gasteiger partial charge in [0.15, 0.2) is 0 Å². The molecule has 0 spiro atoms. The van der Waals surface area contributed by atoms with Gasteiger partial charge in [-0.3, -0.25) is 9.10 Å². The molecule has 26 heavy (non-hydrogen) atoms. The molecule has 0 bridgehead atoms. The molecule has 0 saturated carbocycles. The Morgan fingerprint density at radius 1 is 1.04 bits per heavy atom. The SMILES string of the molecule is CCc1ccc(N(CCC(=O)NCc2ccc(F)cc2)S(C)(=O)=O)cc1. The first-order chi connectivity index (χ1) is 12.3. The highest BCUT2D eigenvalue weighted by Crippen LogP contribution is 2.19. The molecule has 2 rings (SSSR count). The Balaban J connectivity index is 1.95. The molecular formula is C19H23FN2O3S. The maximum absolute atomic E-state index is 12.9. The minimum Gasteiger partial charge on any atom is -0.352 e. The van der Waals surface area contributed by atoms with Gasteiger partial charge in [-0.1, -0.05) is 31.2 Å². The third-order valence-electron chi connectivity index (χ3n) is 3.98. The second-order valence-corrected chi connectivity index (χ2v) is 7.92. The summed E-state index contributed by atoms with van der Waals surface area (Å²) in [6.45, 7) is 2.34. The van der Waals surface area contributed by atoms with Crippen molar-refractivity contribution in [2.45, 2.75) is 26.3 Å². The van der Waals surface area contributed by atoms with Crippen molar-refractivity contribution in [3.63, 3.8) is 0 Å². The zero-order valence-corrected chi connectivity index (χ0v) is 15.7. The van der Waals surface area contributed by atoms with Gasteiger partial charge in [0.1, 0.15) is 5.82 Å². The van der Waals surface area contributed by atoms with Crippen LogP contribution in [0, 0.1) is 5.82 Å². The fraction of sp³-hybridized carbons (Fsp3) is 0.316. The molecule has 0 radical (unpaired) electrons. The summed E-state index contributed by atoms with van der Waals surface area (Å²) >= 11 is 0. The highest BCUT2D eigenvalue weighted by molar-refractivity contribution is 7.92. The van der Waals surface area contributed by atoms with Gasteiger partial charge in [-0.25, -0.2) is 12.8 Å². The Bertz CT molecular complexity index is 834. The largest absolute Gasteiger partial charge is 0.352 e. The van der Waals surface area contributed by atoms with Crippen LogP contribution >= 0.6 is 0 Å². The van der Waals surface area contributed by atoms with Crippen LogP contribution in [-0.2, 0) is 27.8 Å². The van der Waals surface area contributed by atoms with Crippen molar-refractivity contribution < 1.29 is 17.6 Å². The molecule has 1 amide bonds. The standard InChI is InChI=1S/C19H23FN2O3S/c1-3-15-6-10-18(11-7-15)22(26(2,24)25)13-12-19(23)21-14-16-4-8-17(20)9-5-16/h4-11H,3,12-14H2,1-2H3,(H,21,23). The van der Waals surface area contributed by atoms with Crippen LogP contribution in [0.25, 0.3) is 0 Å². The topological polar surface area (TPSA) is 66.5 Å². The Labute approximate surface area is 153 Å². The fourth-order valence-corrected chi connectivity index (χ4v) is 3.41. The second kappa shape index (κ2) is 8.80. The summed E-state index contributed by atoms with van der Waals surface area (Å²) in [4.78, 5) is 12.0. The number of aryl methyl sites for hydroxylation is 1. The summed E-state index contributed by atoms with van der Waals surface area (Å²) in [5, 5.41) is 2.71. The van der Waals surface area contributed by atoms with Crippen molar-refractivity contribution in [1.29, 1.82) is 0 Å². The molecular weight excluding hydrogens is 355 g/mol. The number of sulfonamides is 1. The summed E-state index contributed by atoms with van der Waals surface area (Å²) in [5.74, 6) is -0.605. The van der Waals surface area contributed by atoms with E-state index in [1.807, 2.05) is 19.1 Å². The lowest BCUT2D eigenvalue weighted by Crippen LogP contribution is -2.34. The third kappa shape index (κ3) is 5.84. The summed E-state index contributed by atoms with van der Waals surface area (Å²) in [6.07, 6.45) is 2.02. The monoisotopic (exact) mass is 378 g/mol. The van der Waals surface area contributed by atoms with E-state index in [0.29, 0.717) is 5.69 Å². The molecule has 0 aliphatic rings. The fourth-order valence-electron chi connectivity index (χ4n) is 2.48. The lowest BCUT2D eigenvalue weighted by molar-refractivity contribution is -0.121. The lowest BCUT2D eigenvalue weighted by atomic mass is 10.1. The molecule has 0 aromatic heterocycles. The number of amides is 1. The third-order valence-corrected chi connectivity index (χ3v) is 5.17. The number of nitrogens with one attached hydrogen (secondary N) is 1. The van der Waals surface area contributed by atoms with Crippen LogP contribution in [0.3, 0.4) is 0 Å². The van der Waals surface area contributed by atoms with Crippen LogP contribution in [0.15, 0.2) is 48.5 Å². The normalized spacial score (nSPS) is 11.2. The van der Waals surface area contributed by atoms with Gasteiger partial charge in [0.2, 0.25) is 15.9 Å². The van der Waals surface area contributed by atoms with Crippen molar-refractivity contribution in [2.24, 2.45) is 0 Å². The molecule has 0 fully saturated rings. The Morgan fingerprint density at radius 3 is 2.15 bits per heavy atom. The first-order valence-corrected chi connectivity index (χ1v) is 10.2. The van der Waals surface area contributed by atoms with E-state index in [1.54, 1.807) is 24.3 Å². The molecule has 7 heteroatoms. The van der Waals surface area contributed by atoms with Crippen LogP contribution in [0.4, 0.5) is 10.1 Å². The molecule has 5 nitrogen and oxygen atoms in total. The minimum atomic E-state index is -3.49. The van der Waals surface area contributed by atoms with E-state index in [2.05, 4.69) is 5.32 Å². The van der Waals surface area contributed by atoms with Crippen LogP contribution < -0.4 is 9.62 Å². The van der Waals surface area contributed by atoms with Crippen molar-refractivity contribution in [3.05, 3.63) is 65.5 Å². The van der Waals surface area contributed by atoms with E-state index in [4.69, 9.17) is 0 Å². The van der Waals surface area contributed by atoms with Crippen molar-refractivity contribution in [1.82, 2.24) is 5.32 Å². The van der Waals surface area contributed by atoms with E-state index < -0.39 is 10.0 Å². The first kappa shape index (κ1) is 19.9. The van der Waals surface area contributed by atoms with Crippen LogP contribution in [0.5, 0.6) is 0 Å². The Kier molecular flexibility index (Phi) is 6.74. The van der Waals surface area contributed by atoms with Gasteiger partial charge in [-0.2, -0.15) is 0 Å². The molecule has 2 aromatic rings. The Morgan fingerprint density at radius 2 is 1.62 bits per heavy atom. The number of nitrogens with zero attached hydrogens (tertiary/aromatic N) is 1. The van der Waals surface area contributed by atoms with Crippen LogP contribution in [-0.4, -0.2) is 27.1 Å². The first-order valence-electron chi connectivity index (χ1n) is 8.37. The molecule has 2 aromatic carbocycles. The predicted molar refractivity (Wildman–Crippen MR) is 101 cm³/mol.